The predicted molar refractivity (Wildman–Crippen MR) is 91.6 cm³/mol. The smallest absolute Gasteiger partial charge is 0.120 e. The molecule has 120 valence electrons. The summed E-state index contributed by atoms with van der Waals surface area (Å²) in [7, 11) is 1.63. The van der Waals surface area contributed by atoms with Crippen LogP contribution in [0.1, 0.15) is 22.6 Å². The SMILES string of the molecule is COc1cccc(C#Cc2ccc([C@@H]3[C@@H](C#N)N[C@@H]3CO)cc2)c1. The molecule has 0 aromatic heterocycles. The molecule has 0 aliphatic carbocycles. The number of aliphatic hydroxyl groups excluding tert-OH is 1. The summed E-state index contributed by atoms with van der Waals surface area (Å²) in [6.07, 6.45) is 0. The first kappa shape index (κ1) is 16.1. The Morgan fingerprint density at radius 3 is 2.54 bits per heavy atom. The van der Waals surface area contributed by atoms with Crippen LogP contribution in [0, 0.1) is 23.2 Å². The first-order chi connectivity index (χ1) is 11.7. The Balaban J connectivity index is 1.76. The number of aliphatic hydroxyl groups is 1. The molecule has 2 aromatic carbocycles. The summed E-state index contributed by atoms with van der Waals surface area (Å²) >= 11 is 0. The molecule has 1 aliphatic rings. The van der Waals surface area contributed by atoms with Gasteiger partial charge in [-0.25, -0.2) is 0 Å². The van der Waals surface area contributed by atoms with Gasteiger partial charge in [0.15, 0.2) is 0 Å². The standard InChI is InChI=1S/C20H18N2O2/c1-24-17-4-2-3-15(11-17)6-5-14-7-9-16(10-8-14)20-18(12-21)22-19(20)13-23/h2-4,7-11,18-20,22-23H,13H2,1H3/t18-,19-,20-/m1/s1. The van der Waals surface area contributed by atoms with E-state index in [-0.39, 0.29) is 24.6 Å². The monoisotopic (exact) mass is 318 g/mol. The van der Waals surface area contributed by atoms with E-state index in [9.17, 15) is 5.11 Å². The van der Waals surface area contributed by atoms with Gasteiger partial charge in [-0.3, -0.25) is 5.32 Å². The van der Waals surface area contributed by atoms with E-state index in [0.717, 1.165) is 22.4 Å². The van der Waals surface area contributed by atoms with E-state index in [2.05, 4.69) is 23.2 Å². The van der Waals surface area contributed by atoms with E-state index in [1.807, 2.05) is 48.5 Å². The van der Waals surface area contributed by atoms with Crippen LogP contribution in [-0.2, 0) is 0 Å². The third-order valence-electron chi connectivity index (χ3n) is 4.24. The number of nitrogens with zero attached hydrogens (tertiary/aromatic N) is 1. The zero-order valence-corrected chi connectivity index (χ0v) is 13.4. The molecule has 2 N–H and O–H groups in total. The second-order valence-electron chi connectivity index (χ2n) is 5.69. The number of benzene rings is 2. The normalized spacial score (nSPS) is 21.8. The summed E-state index contributed by atoms with van der Waals surface area (Å²) in [5, 5.41) is 21.5. The molecule has 0 saturated carbocycles. The third-order valence-corrected chi connectivity index (χ3v) is 4.24. The van der Waals surface area contributed by atoms with Gasteiger partial charge in [0.25, 0.3) is 0 Å². The van der Waals surface area contributed by atoms with Crippen LogP contribution in [0.15, 0.2) is 48.5 Å². The molecule has 3 atom stereocenters. The average molecular weight is 318 g/mol. The summed E-state index contributed by atoms with van der Waals surface area (Å²) in [5.41, 5.74) is 2.85. The summed E-state index contributed by atoms with van der Waals surface area (Å²) in [6.45, 7) is 0.0280. The molecule has 4 nitrogen and oxygen atoms in total. The van der Waals surface area contributed by atoms with Crippen molar-refractivity contribution >= 4 is 0 Å². The minimum Gasteiger partial charge on any atom is -0.497 e. The average Bonchev–Trinajstić information content (AvgIpc) is 2.61. The van der Waals surface area contributed by atoms with Crippen LogP contribution in [0.3, 0.4) is 0 Å². The Labute approximate surface area is 141 Å². The minimum atomic E-state index is -0.240. The van der Waals surface area contributed by atoms with Crippen molar-refractivity contribution in [3.8, 4) is 23.7 Å². The van der Waals surface area contributed by atoms with Gasteiger partial charge in [-0.2, -0.15) is 5.26 Å². The molecule has 1 fully saturated rings. The molecule has 1 heterocycles. The van der Waals surface area contributed by atoms with Gasteiger partial charge in [0, 0.05) is 23.1 Å². The van der Waals surface area contributed by atoms with Crippen molar-refractivity contribution in [3.05, 3.63) is 65.2 Å². The molecule has 4 heteroatoms. The Kier molecular flexibility index (Phi) is 4.82. The quantitative estimate of drug-likeness (QED) is 0.850. The largest absolute Gasteiger partial charge is 0.497 e. The van der Waals surface area contributed by atoms with E-state index in [1.54, 1.807) is 7.11 Å². The number of nitriles is 1. The highest BCUT2D eigenvalue weighted by atomic mass is 16.5. The lowest BCUT2D eigenvalue weighted by Gasteiger charge is -2.41. The van der Waals surface area contributed by atoms with E-state index in [0.29, 0.717) is 0 Å². The number of methoxy groups -OCH3 is 1. The van der Waals surface area contributed by atoms with Gasteiger partial charge < -0.3 is 9.84 Å². The van der Waals surface area contributed by atoms with Crippen molar-refractivity contribution in [2.75, 3.05) is 13.7 Å². The second-order valence-corrected chi connectivity index (χ2v) is 5.69. The zero-order valence-electron chi connectivity index (χ0n) is 13.4. The molecule has 3 rings (SSSR count). The maximum Gasteiger partial charge on any atom is 0.120 e. The lowest BCUT2D eigenvalue weighted by molar-refractivity contribution is 0.151. The van der Waals surface area contributed by atoms with Crippen LogP contribution in [0.5, 0.6) is 5.75 Å². The van der Waals surface area contributed by atoms with Crippen LogP contribution in [0.25, 0.3) is 0 Å². The Hall–Kier alpha value is -2.79. The van der Waals surface area contributed by atoms with Crippen molar-refractivity contribution in [1.29, 1.82) is 5.26 Å². The molecular weight excluding hydrogens is 300 g/mol. The maximum absolute atomic E-state index is 9.33. The van der Waals surface area contributed by atoms with Gasteiger partial charge in [-0.1, -0.05) is 30.0 Å². The van der Waals surface area contributed by atoms with Gasteiger partial charge in [0.1, 0.15) is 11.8 Å². The molecule has 0 radical (unpaired) electrons. The van der Waals surface area contributed by atoms with E-state index in [4.69, 9.17) is 10.00 Å². The van der Waals surface area contributed by atoms with Crippen molar-refractivity contribution in [1.82, 2.24) is 5.32 Å². The zero-order chi connectivity index (χ0) is 16.9. The van der Waals surface area contributed by atoms with Crippen molar-refractivity contribution in [2.45, 2.75) is 18.0 Å². The maximum atomic E-state index is 9.33. The van der Waals surface area contributed by atoms with Gasteiger partial charge in [0.2, 0.25) is 0 Å². The van der Waals surface area contributed by atoms with Gasteiger partial charge in [-0.05, 0) is 35.9 Å². The lowest BCUT2D eigenvalue weighted by atomic mass is 9.78. The Morgan fingerprint density at radius 2 is 1.88 bits per heavy atom. The summed E-state index contributed by atoms with van der Waals surface area (Å²) < 4.78 is 5.19. The van der Waals surface area contributed by atoms with Crippen molar-refractivity contribution < 1.29 is 9.84 Å². The molecule has 2 aromatic rings. The summed E-state index contributed by atoms with van der Waals surface area (Å²) in [6, 6.07) is 17.4. The number of hydrogen-bond donors (Lipinski definition) is 2. The summed E-state index contributed by atoms with van der Waals surface area (Å²) in [4.78, 5) is 0. The lowest BCUT2D eigenvalue weighted by Crippen LogP contribution is -2.60. The highest BCUT2D eigenvalue weighted by molar-refractivity contribution is 5.46. The highest BCUT2D eigenvalue weighted by Gasteiger charge is 2.40. The van der Waals surface area contributed by atoms with Crippen LogP contribution in [0.4, 0.5) is 0 Å². The van der Waals surface area contributed by atoms with Crippen LogP contribution < -0.4 is 10.1 Å². The Morgan fingerprint density at radius 1 is 1.12 bits per heavy atom. The van der Waals surface area contributed by atoms with Gasteiger partial charge in [0.05, 0.1) is 19.8 Å². The van der Waals surface area contributed by atoms with Gasteiger partial charge >= 0.3 is 0 Å². The van der Waals surface area contributed by atoms with Crippen molar-refractivity contribution in [3.63, 3.8) is 0 Å². The number of ether oxygens (including phenoxy) is 1. The number of hydrogen-bond acceptors (Lipinski definition) is 4. The van der Waals surface area contributed by atoms with Gasteiger partial charge in [-0.15, -0.1) is 0 Å². The number of rotatable bonds is 3. The first-order valence-electron chi connectivity index (χ1n) is 7.77. The fourth-order valence-electron chi connectivity index (χ4n) is 2.89. The molecule has 0 spiro atoms. The molecule has 0 unspecified atom stereocenters. The molecule has 1 saturated heterocycles. The fraction of sp³-hybridized carbons (Fsp3) is 0.250. The van der Waals surface area contributed by atoms with Crippen molar-refractivity contribution in [2.24, 2.45) is 0 Å². The highest BCUT2D eigenvalue weighted by Crippen LogP contribution is 2.31. The van der Waals surface area contributed by atoms with E-state index < -0.39 is 0 Å². The Bertz CT molecular complexity index is 812. The molecular formula is C20H18N2O2. The molecule has 0 bridgehead atoms. The van der Waals surface area contributed by atoms with Crippen LogP contribution in [0.2, 0.25) is 0 Å². The van der Waals surface area contributed by atoms with Crippen LogP contribution >= 0.6 is 0 Å². The second kappa shape index (κ2) is 7.19. The van der Waals surface area contributed by atoms with Crippen LogP contribution in [-0.4, -0.2) is 30.9 Å². The topological polar surface area (TPSA) is 65.3 Å². The third kappa shape index (κ3) is 3.26. The first-order valence-corrected chi connectivity index (χ1v) is 7.77. The molecule has 24 heavy (non-hydrogen) atoms. The molecule has 1 aliphatic heterocycles. The summed E-state index contributed by atoms with van der Waals surface area (Å²) in [5.74, 6) is 7.06. The predicted octanol–water partition coefficient (Wildman–Crippen LogP) is 2.03. The minimum absolute atomic E-state index is 0.0280. The van der Waals surface area contributed by atoms with E-state index in [1.165, 1.54) is 0 Å². The molecule has 0 amide bonds. The fourth-order valence-corrected chi connectivity index (χ4v) is 2.89. The van der Waals surface area contributed by atoms with E-state index >= 15 is 0 Å². The number of nitrogens with one attached hydrogen (secondary N) is 1.